The first-order valence-electron chi connectivity index (χ1n) is 18.5. The van der Waals surface area contributed by atoms with Crippen LogP contribution in [0.25, 0.3) is 101 Å². The number of hydrogen-bond acceptors (Lipinski definition) is 6. The van der Waals surface area contributed by atoms with Crippen molar-refractivity contribution >= 4 is 27.6 Å². The Morgan fingerprint density at radius 2 is 0.839 bits per heavy atom. The quantitative estimate of drug-likeness (QED) is 0.165. The van der Waals surface area contributed by atoms with E-state index in [1.165, 1.54) is 0 Å². The first kappa shape index (κ1) is 32.9. The SMILES string of the molecule is Nc1ccccc1-c1ccc(-c2ccc(-c3nc4ccccc4o3)c3ccccc23)c(-c2ccc(-c3nc(-c4ccccc4)nc(-c4ccccc4)n3)cc2)c1. The molecular formula is C50H33N5O. The summed E-state index contributed by atoms with van der Waals surface area (Å²) in [6, 6.07) is 63.8. The predicted molar refractivity (Wildman–Crippen MR) is 227 cm³/mol. The van der Waals surface area contributed by atoms with Gasteiger partial charge in [0.2, 0.25) is 5.89 Å². The summed E-state index contributed by atoms with van der Waals surface area (Å²) < 4.78 is 6.25. The molecular weight excluding hydrogens is 687 g/mol. The second-order valence-corrected chi connectivity index (χ2v) is 13.7. The molecule has 2 aromatic heterocycles. The Morgan fingerprint density at radius 3 is 1.50 bits per heavy atom. The molecule has 0 amide bonds. The molecule has 0 atom stereocenters. The van der Waals surface area contributed by atoms with E-state index in [4.69, 9.17) is 30.1 Å². The van der Waals surface area contributed by atoms with Crippen LogP contribution in [-0.2, 0) is 0 Å². The van der Waals surface area contributed by atoms with Gasteiger partial charge in [0, 0.05) is 33.5 Å². The zero-order valence-electron chi connectivity index (χ0n) is 30.2. The lowest BCUT2D eigenvalue weighted by molar-refractivity contribution is 0.620. The summed E-state index contributed by atoms with van der Waals surface area (Å²) in [5.74, 6) is 2.46. The summed E-state index contributed by atoms with van der Waals surface area (Å²) in [7, 11) is 0. The van der Waals surface area contributed by atoms with Gasteiger partial charge in [-0.2, -0.15) is 0 Å². The average molecular weight is 720 g/mol. The lowest BCUT2D eigenvalue weighted by Gasteiger charge is -2.17. The zero-order chi connectivity index (χ0) is 37.4. The van der Waals surface area contributed by atoms with E-state index < -0.39 is 0 Å². The lowest BCUT2D eigenvalue weighted by atomic mass is 9.87. The number of para-hydroxylation sites is 3. The van der Waals surface area contributed by atoms with E-state index in [9.17, 15) is 0 Å². The highest BCUT2D eigenvalue weighted by Crippen LogP contribution is 2.42. The molecule has 2 heterocycles. The van der Waals surface area contributed by atoms with Crippen molar-refractivity contribution in [2.24, 2.45) is 0 Å². The Balaban J connectivity index is 1.12. The van der Waals surface area contributed by atoms with Crippen molar-refractivity contribution in [2.45, 2.75) is 0 Å². The van der Waals surface area contributed by atoms with Crippen LogP contribution in [0.15, 0.2) is 192 Å². The van der Waals surface area contributed by atoms with Crippen molar-refractivity contribution < 1.29 is 4.42 Å². The third-order valence-electron chi connectivity index (χ3n) is 10.2. The largest absolute Gasteiger partial charge is 0.436 e. The Kier molecular flexibility index (Phi) is 8.19. The first-order chi connectivity index (χ1) is 27.7. The van der Waals surface area contributed by atoms with Crippen molar-refractivity contribution in [3.63, 3.8) is 0 Å². The number of aromatic nitrogens is 4. The fraction of sp³-hybridized carbons (Fsp3) is 0. The Hall–Kier alpha value is -7.70. The molecule has 264 valence electrons. The van der Waals surface area contributed by atoms with Crippen molar-refractivity contribution in [1.82, 2.24) is 19.9 Å². The highest BCUT2D eigenvalue weighted by atomic mass is 16.3. The molecule has 0 spiro atoms. The standard InChI is InChI=1S/C50H33N5O/c51-44-20-10-9-17-37(44)36-27-28-41(40-29-30-42(39-19-8-7-18-38(39)40)50-52-45-21-11-12-22-46(45)56-50)43(31-36)32-23-25-35(26-24-32)49-54-47(33-13-3-1-4-14-33)53-48(55-49)34-15-5-2-6-16-34/h1-31H,51H2. The van der Waals surface area contributed by atoms with Crippen molar-refractivity contribution in [3.8, 4) is 79.0 Å². The van der Waals surface area contributed by atoms with Gasteiger partial charge >= 0.3 is 0 Å². The van der Waals surface area contributed by atoms with E-state index in [0.29, 0.717) is 23.4 Å². The minimum atomic E-state index is 0.601. The average Bonchev–Trinajstić information content (AvgIpc) is 3.71. The topological polar surface area (TPSA) is 90.7 Å². The number of anilines is 1. The molecule has 2 N–H and O–H groups in total. The van der Waals surface area contributed by atoms with E-state index >= 15 is 0 Å². The van der Waals surface area contributed by atoms with E-state index in [2.05, 4.69) is 84.9 Å². The number of oxazole rings is 1. The summed E-state index contributed by atoms with van der Waals surface area (Å²) >= 11 is 0. The monoisotopic (exact) mass is 719 g/mol. The predicted octanol–water partition coefficient (Wildman–Crippen LogP) is 12.4. The Bertz CT molecular complexity index is 2940. The van der Waals surface area contributed by atoms with Gasteiger partial charge in [-0.25, -0.2) is 19.9 Å². The molecule has 0 aliphatic heterocycles. The van der Waals surface area contributed by atoms with Crippen molar-refractivity contribution in [3.05, 3.63) is 188 Å². The van der Waals surface area contributed by atoms with Crippen molar-refractivity contribution in [2.75, 3.05) is 5.73 Å². The number of fused-ring (bicyclic) bond motifs is 2. The third-order valence-corrected chi connectivity index (χ3v) is 10.2. The second kappa shape index (κ2) is 13.9. The minimum absolute atomic E-state index is 0.601. The summed E-state index contributed by atoms with van der Waals surface area (Å²) in [6.45, 7) is 0. The van der Waals surface area contributed by atoms with Crippen LogP contribution in [0.3, 0.4) is 0 Å². The molecule has 0 bridgehead atoms. The number of nitrogens with two attached hydrogens (primary N) is 1. The van der Waals surface area contributed by atoms with Gasteiger partial charge in [-0.1, -0.05) is 158 Å². The van der Waals surface area contributed by atoms with Gasteiger partial charge in [0.25, 0.3) is 0 Å². The molecule has 0 fully saturated rings. The maximum atomic E-state index is 6.52. The highest BCUT2D eigenvalue weighted by molar-refractivity contribution is 6.07. The van der Waals surface area contributed by atoms with Gasteiger partial charge in [-0.3, -0.25) is 0 Å². The molecule has 0 aliphatic rings. The third kappa shape index (κ3) is 6.05. The molecule has 0 saturated heterocycles. The summed E-state index contributed by atoms with van der Waals surface area (Å²) in [4.78, 5) is 19.6. The van der Waals surface area contributed by atoms with Gasteiger partial charge < -0.3 is 10.2 Å². The summed E-state index contributed by atoms with van der Waals surface area (Å²) in [5, 5.41) is 2.16. The minimum Gasteiger partial charge on any atom is -0.436 e. The smallest absolute Gasteiger partial charge is 0.227 e. The van der Waals surface area contributed by atoms with E-state index in [0.717, 1.165) is 83.2 Å². The Morgan fingerprint density at radius 1 is 0.339 bits per heavy atom. The van der Waals surface area contributed by atoms with Crippen LogP contribution in [0.2, 0.25) is 0 Å². The van der Waals surface area contributed by atoms with Crippen LogP contribution >= 0.6 is 0 Å². The Labute approximate surface area is 323 Å². The summed E-state index contributed by atoms with van der Waals surface area (Å²) in [5.41, 5.74) is 18.9. The zero-order valence-corrected chi connectivity index (χ0v) is 30.2. The van der Waals surface area contributed by atoms with E-state index in [-0.39, 0.29) is 0 Å². The van der Waals surface area contributed by atoms with Gasteiger partial charge in [-0.05, 0) is 68.9 Å². The summed E-state index contributed by atoms with van der Waals surface area (Å²) in [6.07, 6.45) is 0. The number of benzene rings is 8. The van der Waals surface area contributed by atoms with Gasteiger partial charge in [-0.15, -0.1) is 0 Å². The van der Waals surface area contributed by atoms with Gasteiger partial charge in [0.15, 0.2) is 23.1 Å². The maximum Gasteiger partial charge on any atom is 0.227 e. The molecule has 6 heteroatoms. The van der Waals surface area contributed by atoms with Crippen LogP contribution in [0.1, 0.15) is 0 Å². The van der Waals surface area contributed by atoms with Crippen LogP contribution in [0.4, 0.5) is 5.69 Å². The highest BCUT2D eigenvalue weighted by Gasteiger charge is 2.18. The lowest BCUT2D eigenvalue weighted by Crippen LogP contribution is -2.00. The van der Waals surface area contributed by atoms with E-state index in [1.807, 2.05) is 103 Å². The first-order valence-corrected chi connectivity index (χ1v) is 18.5. The number of nitrogen functional groups attached to an aromatic ring is 1. The fourth-order valence-corrected chi connectivity index (χ4v) is 7.39. The molecule has 10 aromatic rings. The number of hydrogen-bond donors (Lipinski definition) is 1. The van der Waals surface area contributed by atoms with Crippen LogP contribution in [0, 0.1) is 0 Å². The van der Waals surface area contributed by atoms with Gasteiger partial charge in [0.1, 0.15) is 5.52 Å². The molecule has 10 rings (SSSR count). The van der Waals surface area contributed by atoms with Crippen LogP contribution < -0.4 is 5.73 Å². The molecule has 0 aliphatic carbocycles. The molecule has 6 nitrogen and oxygen atoms in total. The fourth-order valence-electron chi connectivity index (χ4n) is 7.39. The number of nitrogens with zero attached hydrogens (tertiary/aromatic N) is 4. The maximum absolute atomic E-state index is 6.52. The molecule has 56 heavy (non-hydrogen) atoms. The second-order valence-electron chi connectivity index (χ2n) is 13.7. The number of rotatable bonds is 7. The van der Waals surface area contributed by atoms with Crippen molar-refractivity contribution in [1.29, 1.82) is 0 Å². The van der Waals surface area contributed by atoms with Gasteiger partial charge in [0.05, 0.1) is 0 Å². The molecule has 8 aromatic carbocycles. The van der Waals surface area contributed by atoms with E-state index in [1.54, 1.807) is 0 Å². The molecule has 0 saturated carbocycles. The molecule has 0 radical (unpaired) electrons. The molecule has 0 unspecified atom stereocenters. The van der Waals surface area contributed by atoms with Crippen LogP contribution in [0.5, 0.6) is 0 Å². The van der Waals surface area contributed by atoms with Crippen LogP contribution in [-0.4, -0.2) is 19.9 Å². The normalized spacial score (nSPS) is 11.3.